The molecule has 0 fully saturated rings. The first-order valence-electron chi connectivity index (χ1n) is 6.39. The SMILES string of the molecule is CC(CC(=O)O)CC(=O)c1c[nH]c2cc([N+](=O)[O-])ccc12. The Hall–Kier alpha value is -2.70. The quantitative estimate of drug-likeness (QED) is 0.482. The Bertz CT molecular complexity index is 719. The number of nitro benzene ring substituents is 1. The molecule has 21 heavy (non-hydrogen) atoms. The molecule has 0 amide bonds. The highest BCUT2D eigenvalue weighted by Crippen LogP contribution is 2.25. The maximum Gasteiger partial charge on any atom is 0.303 e. The molecule has 0 aliphatic rings. The number of carboxylic acid groups (broad SMARTS) is 1. The summed E-state index contributed by atoms with van der Waals surface area (Å²) >= 11 is 0. The summed E-state index contributed by atoms with van der Waals surface area (Å²) in [5.41, 5.74) is 0.887. The zero-order chi connectivity index (χ0) is 15.6. The van der Waals surface area contributed by atoms with Gasteiger partial charge in [-0.25, -0.2) is 0 Å². The number of rotatable bonds is 6. The fourth-order valence-electron chi connectivity index (χ4n) is 2.26. The molecule has 0 saturated carbocycles. The molecular formula is C14H14N2O5. The van der Waals surface area contributed by atoms with Gasteiger partial charge in [0, 0.05) is 42.1 Å². The summed E-state index contributed by atoms with van der Waals surface area (Å²) < 4.78 is 0. The molecule has 7 heteroatoms. The highest BCUT2D eigenvalue weighted by molar-refractivity contribution is 6.08. The highest BCUT2D eigenvalue weighted by atomic mass is 16.6. The second-order valence-electron chi connectivity index (χ2n) is 5.02. The summed E-state index contributed by atoms with van der Waals surface area (Å²) in [7, 11) is 0. The lowest BCUT2D eigenvalue weighted by molar-refractivity contribution is -0.384. The van der Waals surface area contributed by atoms with E-state index in [1.807, 2.05) is 0 Å². The third-order valence-corrected chi connectivity index (χ3v) is 3.23. The van der Waals surface area contributed by atoms with Crippen molar-refractivity contribution in [3.05, 3.63) is 40.1 Å². The van der Waals surface area contributed by atoms with Gasteiger partial charge >= 0.3 is 5.97 Å². The van der Waals surface area contributed by atoms with Gasteiger partial charge in [0.25, 0.3) is 5.69 Å². The van der Waals surface area contributed by atoms with Crippen LogP contribution >= 0.6 is 0 Å². The number of H-pyrrole nitrogens is 1. The van der Waals surface area contributed by atoms with Crippen LogP contribution in [0.4, 0.5) is 5.69 Å². The van der Waals surface area contributed by atoms with Crippen molar-refractivity contribution in [1.82, 2.24) is 4.98 Å². The molecule has 1 atom stereocenters. The Morgan fingerprint density at radius 1 is 1.38 bits per heavy atom. The van der Waals surface area contributed by atoms with Crippen LogP contribution in [0.5, 0.6) is 0 Å². The Morgan fingerprint density at radius 3 is 2.71 bits per heavy atom. The van der Waals surface area contributed by atoms with Gasteiger partial charge in [0.2, 0.25) is 0 Å². The van der Waals surface area contributed by atoms with E-state index in [4.69, 9.17) is 5.11 Å². The van der Waals surface area contributed by atoms with Crippen LogP contribution in [0.25, 0.3) is 10.9 Å². The summed E-state index contributed by atoms with van der Waals surface area (Å²) in [6.07, 6.45) is 1.56. The van der Waals surface area contributed by atoms with Gasteiger partial charge in [-0.05, 0) is 12.0 Å². The van der Waals surface area contributed by atoms with Crippen LogP contribution in [0, 0.1) is 16.0 Å². The zero-order valence-corrected chi connectivity index (χ0v) is 11.3. The molecule has 110 valence electrons. The number of aliphatic carboxylic acids is 1. The number of benzene rings is 1. The third-order valence-electron chi connectivity index (χ3n) is 3.23. The molecule has 1 heterocycles. The zero-order valence-electron chi connectivity index (χ0n) is 11.3. The van der Waals surface area contributed by atoms with Gasteiger partial charge in [0.05, 0.1) is 10.4 Å². The second-order valence-corrected chi connectivity index (χ2v) is 5.02. The monoisotopic (exact) mass is 290 g/mol. The number of ketones is 1. The maximum absolute atomic E-state index is 12.2. The largest absolute Gasteiger partial charge is 0.481 e. The van der Waals surface area contributed by atoms with Crippen molar-refractivity contribution in [2.45, 2.75) is 19.8 Å². The van der Waals surface area contributed by atoms with Crippen molar-refractivity contribution in [3.63, 3.8) is 0 Å². The number of carboxylic acids is 1. The third kappa shape index (κ3) is 3.25. The number of nitrogens with zero attached hydrogens (tertiary/aromatic N) is 1. The lowest BCUT2D eigenvalue weighted by Crippen LogP contribution is -2.10. The number of fused-ring (bicyclic) bond motifs is 1. The molecule has 1 aromatic heterocycles. The summed E-state index contributed by atoms with van der Waals surface area (Å²) in [4.78, 5) is 35.8. The molecule has 0 spiro atoms. The minimum absolute atomic E-state index is 0.0532. The average molecular weight is 290 g/mol. The number of hydrogen-bond acceptors (Lipinski definition) is 4. The Morgan fingerprint density at radius 2 is 2.10 bits per heavy atom. The van der Waals surface area contributed by atoms with Gasteiger partial charge in [-0.15, -0.1) is 0 Å². The predicted octanol–water partition coefficient (Wildman–Crippen LogP) is 2.76. The van der Waals surface area contributed by atoms with E-state index in [0.29, 0.717) is 16.5 Å². The number of aromatic nitrogens is 1. The Balaban J connectivity index is 2.24. The van der Waals surface area contributed by atoms with E-state index in [2.05, 4.69) is 4.98 Å². The van der Waals surface area contributed by atoms with E-state index in [0.717, 1.165) is 0 Å². The molecule has 0 aliphatic heterocycles. The van der Waals surface area contributed by atoms with Crippen molar-refractivity contribution < 1.29 is 19.6 Å². The van der Waals surface area contributed by atoms with E-state index < -0.39 is 10.9 Å². The Labute approximate surface area is 119 Å². The molecule has 0 saturated heterocycles. The van der Waals surface area contributed by atoms with E-state index in [9.17, 15) is 19.7 Å². The van der Waals surface area contributed by atoms with Crippen LogP contribution in [0.2, 0.25) is 0 Å². The summed E-state index contributed by atoms with van der Waals surface area (Å²) in [6.45, 7) is 1.70. The summed E-state index contributed by atoms with van der Waals surface area (Å²) in [5, 5.41) is 20.0. The lowest BCUT2D eigenvalue weighted by Gasteiger charge is -2.06. The molecule has 7 nitrogen and oxygen atoms in total. The minimum atomic E-state index is -0.940. The number of carbonyl (C=O) groups is 2. The molecule has 2 N–H and O–H groups in total. The number of nitrogens with one attached hydrogen (secondary N) is 1. The van der Waals surface area contributed by atoms with E-state index >= 15 is 0 Å². The van der Waals surface area contributed by atoms with Crippen LogP contribution in [-0.4, -0.2) is 26.8 Å². The smallest absolute Gasteiger partial charge is 0.303 e. The summed E-state index contributed by atoms with van der Waals surface area (Å²) in [6, 6.07) is 4.24. The molecule has 0 radical (unpaired) electrons. The minimum Gasteiger partial charge on any atom is -0.481 e. The maximum atomic E-state index is 12.2. The molecular weight excluding hydrogens is 276 g/mol. The van der Waals surface area contributed by atoms with E-state index in [-0.39, 0.29) is 30.2 Å². The van der Waals surface area contributed by atoms with Crippen LogP contribution in [-0.2, 0) is 4.79 Å². The van der Waals surface area contributed by atoms with Crippen molar-refractivity contribution in [1.29, 1.82) is 0 Å². The first kappa shape index (κ1) is 14.7. The molecule has 0 bridgehead atoms. The van der Waals surface area contributed by atoms with Gasteiger partial charge in [-0.3, -0.25) is 19.7 Å². The number of non-ortho nitro benzene ring substituents is 1. The topological polar surface area (TPSA) is 113 Å². The highest BCUT2D eigenvalue weighted by Gasteiger charge is 2.18. The van der Waals surface area contributed by atoms with Gasteiger partial charge in [-0.2, -0.15) is 0 Å². The first-order valence-corrected chi connectivity index (χ1v) is 6.39. The van der Waals surface area contributed by atoms with Crippen molar-refractivity contribution in [2.24, 2.45) is 5.92 Å². The lowest BCUT2D eigenvalue weighted by atomic mass is 9.97. The number of nitro groups is 1. The van der Waals surface area contributed by atoms with Crippen LogP contribution in [0.1, 0.15) is 30.1 Å². The standard InChI is InChI=1S/C14H14N2O5/c1-8(5-14(18)19)4-13(17)11-7-15-12-6-9(16(20)21)2-3-10(11)12/h2-3,6-8,15H,4-5H2,1H3,(H,18,19). The number of carbonyl (C=O) groups excluding carboxylic acids is 1. The fraction of sp³-hybridized carbons (Fsp3) is 0.286. The summed E-state index contributed by atoms with van der Waals surface area (Å²) in [5.74, 6) is -1.38. The van der Waals surface area contributed by atoms with Crippen LogP contribution in [0.15, 0.2) is 24.4 Å². The molecule has 1 aromatic carbocycles. The number of hydrogen-bond donors (Lipinski definition) is 2. The average Bonchev–Trinajstić information content (AvgIpc) is 2.80. The van der Waals surface area contributed by atoms with Crippen LogP contribution < -0.4 is 0 Å². The van der Waals surface area contributed by atoms with Crippen LogP contribution in [0.3, 0.4) is 0 Å². The van der Waals surface area contributed by atoms with Gasteiger partial charge in [0.15, 0.2) is 5.78 Å². The van der Waals surface area contributed by atoms with Crippen molar-refractivity contribution >= 4 is 28.3 Å². The molecule has 0 aliphatic carbocycles. The van der Waals surface area contributed by atoms with Crippen molar-refractivity contribution in [3.8, 4) is 0 Å². The molecule has 2 rings (SSSR count). The number of aromatic amines is 1. The van der Waals surface area contributed by atoms with Crippen molar-refractivity contribution in [2.75, 3.05) is 0 Å². The van der Waals surface area contributed by atoms with Gasteiger partial charge in [0.1, 0.15) is 0 Å². The normalized spacial score (nSPS) is 12.2. The van der Waals surface area contributed by atoms with E-state index in [1.165, 1.54) is 24.4 Å². The van der Waals surface area contributed by atoms with Gasteiger partial charge in [-0.1, -0.05) is 6.92 Å². The molecule has 1 unspecified atom stereocenters. The first-order chi connectivity index (χ1) is 9.88. The molecule has 2 aromatic rings. The fourth-order valence-corrected chi connectivity index (χ4v) is 2.26. The van der Waals surface area contributed by atoms with Gasteiger partial charge < -0.3 is 10.1 Å². The number of Topliss-reactive ketones (excluding diaryl/α,β-unsaturated/α-hetero) is 1. The predicted molar refractivity (Wildman–Crippen MR) is 75.3 cm³/mol. The van der Waals surface area contributed by atoms with E-state index in [1.54, 1.807) is 6.92 Å². The second kappa shape index (κ2) is 5.74. The Kier molecular flexibility index (Phi) is 4.02.